The Balaban J connectivity index is 1.30. The first-order valence-electron chi connectivity index (χ1n) is 12.1. The van der Waals surface area contributed by atoms with Gasteiger partial charge in [-0.1, -0.05) is 42.5 Å². The normalized spacial score (nSPS) is 11.3. The highest BCUT2D eigenvalue weighted by Crippen LogP contribution is 2.29. The van der Waals surface area contributed by atoms with E-state index in [2.05, 4.69) is 70.3 Å². The van der Waals surface area contributed by atoms with Crippen LogP contribution in [-0.4, -0.2) is 32.3 Å². The molecule has 0 spiro atoms. The summed E-state index contributed by atoms with van der Waals surface area (Å²) < 4.78 is 9.68. The van der Waals surface area contributed by atoms with Gasteiger partial charge in [-0.05, 0) is 76.2 Å². The molecule has 0 bridgehead atoms. The number of aromatic carboxylic acids is 1. The maximum Gasteiger partial charge on any atom is 0.335 e. The molecule has 2 aromatic heterocycles. The molecular weight excluding hydrogens is 462 g/mol. The Kier molecular flexibility index (Phi) is 5.69. The third-order valence-electron chi connectivity index (χ3n) is 6.74. The van der Waals surface area contributed by atoms with E-state index in [9.17, 15) is 9.90 Å². The van der Waals surface area contributed by atoms with Gasteiger partial charge in [-0.15, -0.1) is 0 Å². The van der Waals surface area contributed by atoms with Crippen LogP contribution >= 0.6 is 0 Å². The van der Waals surface area contributed by atoms with Crippen LogP contribution in [-0.2, 0) is 13.1 Å². The second-order valence-corrected chi connectivity index (χ2v) is 9.15. The fourth-order valence-corrected chi connectivity index (χ4v) is 4.84. The van der Waals surface area contributed by atoms with Crippen molar-refractivity contribution in [3.05, 3.63) is 120 Å². The fourth-order valence-electron chi connectivity index (χ4n) is 4.84. The summed E-state index contributed by atoms with van der Waals surface area (Å²) in [7, 11) is 1.69. The van der Waals surface area contributed by atoms with Gasteiger partial charge in [0.25, 0.3) is 0 Å². The summed E-state index contributed by atoms with van der Waals surface area (Å²) in [6.07, 6.45) is 3.93. The van der Waals surface area contributed by atoms with Crippen LogP contribution < -0.4 is 4.74 Å². The summed E-state index contributed by atoms with van der Waals surface area (Å²) in [6.45, 7) is 1.32. The number of carbonyl (C=O) groups is 1. The van der Waals surface area contributed by atoms with Crippen LogP contribution in [0.25, 0.3) is 33.1 Å². The number of ether oxygens (including phenoxy) is 1. The second kappa shape index (κ2) is 9.32. The third-order valence-corrected chi connectivity index (χ3v) is 6.74. The van der Waals surface area contributed by atoms with Crippen molar-refractivity contribution >= 4 is 27.9 Å². The van der Waals surface area contributed by atoms with Gasteiger partial charge in [-0.2, -0.15) is 0 Å². The molecule has 6 heteroatoms. The van der Waals surface area contributed by atoms with Gasteiger partial charge in [-0.25, -0.2) is 9.78 Å². The number of methoxy groups -OCH3 is 1. The van der Waals surface area contributed by atoms with Gasteiger partial charge in [0, 0.05) is 24.8 Å². The molecular formula is C31H25N3O3. The molecule has 1 N–H and O–H groups in total. The van der Waals surface area contributed by atoms with Gasteiger partial charge >= 0.3 is 5.97 Å². The minimum Gasteiger partial charge on any atom is -0.497 e. The molecule has 0 aliphatic heterocycles. The number of imidazole rings is 1. The zero-order valence-electron chi connectivity index (χ0n) is 20.3. The maximum atomic E-state index is 11.3. The summed E-state index contributed by atoms with van der Waals surface area (Å²) in [5.74, 6) is -0.0643. The summed E-state index contributed by atoms with van der Waals surface area (Å²) in [5, 5.41) is 10.5. The standard InChI is InChI=1S/C31H25N3O3/c1-37-27-7-3-5-22(15-27)18-33-13-12-23-8-9-25(17-30(23)33)24-10-11-29-28(16-24)32-20-34(29)19-21-4-2-6-26(14-21)31(35)36/h2-17,20H,18-19H2,1H3,(H,35,36). The largest absolute Gasteiger partial charge is 0.497 e. The topological polar surface area (TPSA) is 69.3 Å². The van der Waals surface area contributed by atoms with Crippen molar-refractivity contribution < 1.29 is 14.6 Å². The average Bonchev–Trinajstić information content (AvgIpc) is 3.52. The average molecular weight is 488 g/mol. The molecule has 0 aliphatic carbocycles. The smallest absolute Gasteiger partial charge is 0.335 e. The van der Waals surface area contributed by atoms with Crippen molar-refractivity contribution in [1.82, 2.24) is 14.1 Å². The molecule has 0 amide bonds. The molecule has 6 nitrogen and oxygen atoms in total. The summed E-state index contributed by atoms with van der Waals surface area (Å²) >= 11 is 0. The van der Waals surface area contributed by atoms with Gasteiger partial charge < -0.3 is 19.0 Å². The highest BCUT2D eigenvalue weighted by Gasteiger charge is 2.10. The van der Waals surface area contributed by atoms with Crippen molar-refractivity contribution in [2.45, 2.75) is 13.1 Å². The highest BCUT2D eigenvalue weighted by molar-refractivity contribution is 5.89. The lowest BCUT2D eigenvalue weighted by atomic mass is 10.0. The highest BCUT2D eigenvalue weighted by atomic mass is 16.5. The molecule has 0 aliphatic rings. The monoisotopic (exact) mass is 487 g/mol. The Labute approximate surface area is 214 Å². The number of carboxylic acid groups (broad SMARTS) is 1. The van der Waals surface area contributed by atoms with E-state index in [0.29, 0.717) is 6.54 Å². The molecule has 0 saturated heterocycles. The predicted molar refractivity (Wildman–Crippen MR) is 145 cm³/mol. The molecule has 0 atom stereocenters. The minimum absolute atomic E-state index is 0.288. The Morgan fingerprint density at radius 2 is 1.57 bits per heavy atom. The summed E-state index contributed by atoms with van der Waals surface area (Å²) in [6, 6.07) is 30.2. The van der Waals surface area contributed by atoms with E-state index < -0.39 is 5.97 Å². The Morgan fingerprint density at radius 3 is 2.41 bits per heavy atom. The van der Waals surface area contributed by atoms with Crippen LogP contribution in [0.1, 0.15) is 21.5 Å². The van der Waals surface area contributed by atoms with Crippen molar-refractivity contribution in [3.8, 4) is 16.9 Å². The van der Waals surface area contributed by atoms with Gasteiger partial charge in [0.15, 0.2) is 0 Å². The number of rotatable bonds is 7. The van der Waals surface area contributed by atoms with Crippen LogP contribution in [0.15, 0.2) is 104 Å². The number of benzene rings is 4. The van der Waals surface area contributed by atoms with E-state index in [4.69, 9.17) is 4.74 Å². The van der Waals surface area contributed by atoms with Gasteiger partial charge in [-0.3, -0.25) is 0 Å². The van der Waals surface area contributed by atoms with Crippen molar-refractivity contribution in [1.29, 1.82) is 0 Å². The lowest BCUT2D eigenvalue weighted by Crippen LogP contribution is -2.01. The number of fused-ring (bicyclic) bond motifs is 2. The SMILES string of the molecule is COc1cccc(Cn2ccc3ccc(-c4ccc5c(c4)ncn5Cc4cccc(C(=O)O)c4)cc32)c1. The molecule has 4 aromatic carbocycles. The quantitative estimate of drug-likeness (QED) is 0.281. The lowest BCUT2D eigenvalue weighted by Gasteiger charge is -2.09. The van der Waals surface area contributed by atoms with E-state index in [1.165, 1.54) is 16.5 Å². The zero-order chi connectivity index (χ0) is 25.4. The third kappa shape index (κ3) is 4.45. The first kappa shape index (κ1) is 22.6. The lowest BCUT2D eigenvalue weighted by molar-refractivity contribution is 0.0696. The number of nitrogens with zero attached hydrogens (tertiary/aromatic N) is 3. The molecule has 37 heavy (non-hydrogen) atoms. The molecule has 0 fully saturated rings. The molecule has 0 saturated carbocycles. The van der Waals surface area contributed by atoms with E-state index in [1.54, 1.807) is 25.3 Å². The number of hydrogen-bond acceptors (Lipinski definition) is 3. The van der Waals surface area contributed by atoms with Crippen LogP contribution in [0.4, 0.5) is 0 Å². The van der Waals surface area contributed by atoms with Crippen LogP contribution in [0.5, 0.6) is 5.75 Å². The van der Waals surface area contributed by atoms with Gasteiger partial charge in [0.1, 0.15) is 5.75 Å². The number of hydrogen-bond donors (Lipinski definition) is 1. The van der Waals surface area contributed by atoms with Crippen LogP contribution in [0, 0.1) is 0 Å². The first-order chi connectivity index (χ1) is 18.1. The van der Waals surface area contributed by atoms with E-state index in [0.717, 1.165) is 40.0 Å². The van der Waals surface area contributed by atoms with Gasteiger partial charge in [0.2, 0.25) is 0 Å². The molecule has 0 unspecified atom stereocenters. The molecule has 2 heterocycles. The number of carboxylic acids is 1. The molecule has 6 aromatic rings. The van der Waals surface area contributed by atoms with Crippen molar-refractivity contribution in [3.63, 3.8) is 0 Å². The van der Waals surface area contributed by atoms with Crippen LogP contribution in [0.3, 0.4) is 0 Å². The van der Waals surface area contributed by atoms with Crippen molar-refractivity contribution in [2.24, 2.45) is 0 Å². The number of aromatic nitrogens is 3. The van der Waals surface area contributed by atoms with E-state index in [1.807, 2.05) is 29.1 Å². The summed E-state index contributed by atoms with van der Waals surface area (Å²) in [4.78, 5) is 15.9. The minimum atomic E-state index is -0.923. The van der Waals surface area contributed by atoms with E-state index in [-0.39, 0.29) is 5.56 Å². The first-order valence-corrected chi connectivity index (χ1v) is 12.1. The predicted octanol–water partition coefficient (Wildman–Crippen LogP) is 6.46. The van der Waals surface area contributed by atoms with Crippen molar-refractivity contribution in [2.75, 3.05) is 7.11 Å². The van der Waals surface area contributed by atoms with E-state index >= 15 is 0 Å². The molecule has 182 valence electrons. The molecule has 0 radical (unpaired) electrons. The summed E-state index contributed by atoms with van der Waals surface area (Å²) in [5.41, 5.74) is 7.70. The molecule has 6 rings (SSSR count). The Morgan fingerprint density at radius 1 is 0.811 bits per heavy atom. The van der Waals surface area contributed by atoms with Crippen LogP contribution in [0.2, 0.25) is 0 Å². The Hall–Kier alpha value is -4.84. The second-order valence-electron chi connectivity index (χ2n) is 9.15. The Bertz CT molecular complexity index is 1760. The zero-order valence-corrected chi connectivity index (χ0v) is 20.3. The fraction of sp³-hybridized carbons (Fsp3) is 0.0968. The van der Waals surface area contributed by atoms with Gasteiger partial charge in [0.05, 0.1) is 30.0 Å². The maximum absolute atomic E-state index is 11.3.